The molecule has 2 aliphatic heterocycles. The van der Waals surface area contributed by atoms with Crippen LogP contribution in [0.2, 0.25) is 0 Å². The second kappa shape index (κ2) is 2.67. The van der Waals surface area contributed by atoms with Crippen LogP contribution in [0.1, 0.15) is 58.8 Å². The van der Waals surface area contributed by atoms with E-state index in [0.29, 0.717) is 5.41 Å². The molecule has 2 saturated carbocycles. The van der Waals surface area contributed by atoms with E-state index < -0.39 is 0 Å². The molecule has 2 heteroatoms. The van der Waals surface area contributed by atoms with Crippen molar-refractivity contribution in [1.29, 1.82) is 0 Å². The number of rotatable bonds is 1. The van der Waals surface area contributed by atoms with Gasteiger partial charge in [-0.25, -0.2) is 0 Å². The fraction of sp³-hybridized carbons (Fsp3) is 1.00. The maximum Gasteiger partial charge on any atom is 0.229 e. The second-order valence-corrected chi connectivity index (χ2v) is 6.83. The van der Waals surface area contributed by atoms with Crippen molar-refractivity contribution in [2.45, 2.75) is 70.4 Å². The molecule has 0 N–H and O–H groups in total. The monoisotopic (exact) mass is 222 g/mol. The third-order valence-corrected chi connectivity index (χ3v) is 6.01. The van der Waals surface area contributed by atoms with Crippen LogP contribution in [-0.2, 0) is 9.47 Å². The van der Waals surface area contributed by atoms with Gasteiger partial charge >= 0.3 is 0 Å². The third-order valence-electron chi connectivity index (χ3n) is 6.01. The van der Waals surface area contributed by atoms with Gasteiger partial charge in [0.2, 0.25) is 11.6 Å². The summed E-state index contributed by atoms with van der Waals surface area (Å²) in [5.74, 6) is 1.50. The Morgan fingerprint density at radius 2 is 1.69 bits per heavy atom. The Labute approximate surface area is 97.7 Å². The van der Waals surface area contributed by atoms with Gasteiger partial charge in [-0.2, -0.15) is 0 Å². The molecule has 4 rings (SSSR count). The average molecular weight is 222 g/mol. The van der Waals surface area contributed by atoms with Gasteiger partial charge in [0.15, 0.2) is 0 Å². The lowest BCUT2D eigenvalue weighted by molar-refractivity contribution is -0.0982. The first-order valence-electron chi connectivity index (χ1n) is 7.01. The standard InChI is InChI=1S/C14H22O2/c1-10-8-13-14(15-13,16-13)9-12(10,2)11-6-4-3-5-7-11/h10-11H,3-9H2,1-2H3. The van der Waals surface area contributed by atoms with Gasteiger partial charge in [0.1, 0.15) is 0 Å². The molecule has 0 aromatic heterocycles. The Morgan fingerprint density at radius 1 is 1.00 bits per heavy atom. The van der Waals surface area contributed by atoms with E-state index in [1.807, 2.05) is 0 Å². The minimum atomic E-state index is -0.0916. The number of hydrogen-bond acceptors (Lipinski definition) is 2. The highest BCUT2D eigenvalue weighted by Gasteiger charge is 2.93. The van der Waals surface area contributed by atoms with E-state index in [9.17, 15) is 0 Å². The van der Waals surface area contributed by atoms with Crippen LogP contribution in [0.25, 0.3) is 0 Å². The molecule has 2 nitrogen and oxygen atoms in total. The van der Waals surface area contributed by atoms with Gasteiger partial charge in [0, 0.05) is 12.8 Å². The van der Waals surface area contributed by atoms with Crippen LogP contribution < -0.4 is 0 Å². The fourth-order valence-corrected chi connectivity index (χ4v) is 4.56. The van der Waals surface area contributed by atoms with Crippen molar-refractivity contribution in [3.05, 3.63) is 0 Å². The van der Waals surface area contributed by atoms with Crippen LogP contribution in [0.15, 0.2) is 0 Å². The van der Waals surface area contributed by atoms with Crippen LogP contribution in [0.5, 0.6) is 0 Å². The summed E-state index contributed by atoms with van der Waals surface area (Å²) in [4.78, 5) is 0. The summed E-state index contributed by atoms with van der Waals surface area (Å²) >= 11 is 0. The third kappa shape index (κ3) is 1.01. The fourth-order valence-electron chi connectivity index (χ4n) is 4.56. The molecule has 90 valence electrons. The van der Waals surface area contributed by atoms with E-state index in [1.165, 1.54) is 32.1 Å². The first-order valence-corrected chi connectivity index (χ1v) is 7.01. The summed E-state index contributed by atoms with van der Waals surface area (Å²) in [6, 6.07) is 0. The minimum Gasteiger partial charge on any atom is -0.307 e. The highest BCUT2D eigenvalue weighted by atomic mass is 17.0. The smallest absolute Gasteiger partial charge is 0.229 e. The normalized spacial score (nSPS) is 60.0. The van der Waals surface area contributed by atoms with Crippen molar-refractivity contribution in [3.63, 3.8) is 0 Å². The van der Waals surface area contributed by atoms with Gasteiger partial charge in [0.25, 0.3) is 0 Å². The molecule has 2 unspecified atom stereocenters. The molecular weight excluding hydrogens is 200 g/mol. The summed E-state index contributed by atoms with van der Waals surface area (Å²) in [5.41, 5.74) is 0.469. The van der Waals surface area contributed by atoms with E-state index in [1.54, 1.807) is 0 Å². The molecule has 2 saturated heterocycles. The quantitative estimate of drug-likeness (QED) is 0.635. The van der Waals surface area contributed by atoms with E-state index in [4.69, 9.17) is 9.47 Å². The largest absolute Gasteiger partial charge is 0.307 e. The Kier molecular flexibility index (Phi) is 1.65. The van der Waals surface area contributed by atoms with Crippen LogP contribution >= 0.6 is 0 Å². The van der Waals surface area contributed by atoms with Crippen LogP contribution in [0.3, 0.4) is 0 Å². The lowest BCUT2D eigenvalue weighted by Gasteiger charge is -2.45. The summed E-state index contributed by atoms with van der Waals surface area (Å²) in [7, 11) is 0. The molecule has 0 amide bonds. The van der Waals surface area contributed by atoms with Crippen molar-refractivity contribution in [2.75, 3.05) is 0 Å². The summed E-state index contributed by atoms with van der Waals surface area (Å²) in [6.45, 7) is 4.91. The van der Waals surface area contributed by atoms with Gasteiger partial charge in [-0.3, -0.25) is 0 Å². The molecule has 0 radical (unpaired) electrons. The van der Waals surface area contributed by atoms with Crippen molar-refractivity contribution in [2.24, 2.45) is 17.3 Å². The molecule has 2 heterocycles. The number of epoxide rings is 2. The molecule has 4 aliphatic rings. The van der Waals surface area contributed by atoms with Crippen LogP contribution in [-0.4, -0.2) is 11.6 Å². The van der Waals surface area contributed by atoms with E-state index in [0.717, 1.165) is 24.7 Å². The zero-order valence-corrected chi connectivity index (χ0v) is 10.4. The average Bonchev–Trinajstić information content (AvgIpc) is 3.05. The first-order chi connectivity index (χ1) is 7.60. The molecule has 2 aliphatic carbocycles. The highest BCUT2D eigenvalue weighted by Crippen LogP contribution is 2.79. The second-order valence-electron chi connectivity index (χ2n) is 6.83. The van der Waals surface area contributed by atoms with Crippen molar-refractivity contribution < 1.29 is 9.47 Å². The maximum absolute atomic E-state index is 5.78. The van der Waals surface area contributed by atoms with Crippen molar-refractivity contribution >= 4 is 0 Å². The number of ether oxygens (including phenoxy) is 2. The SMILES string of the molecule is CC1CC23OC2(CC1(C)C1CCCCC1)O3. The Morgan fingerprint density at radius 3 is 2.38 bits per heavy atom. The Hall–Kier alpha value is -0.0800. The molecule has 0 aromatic carbocycles. The lowest BCUT2D eigenvalue weighted by Crippen LogP contribution is -2.40. The topological polar surface area (TPSA) is 25.1 Å². The molecule has 0 bridgehead atoms. The zero-order chi connectivity index (χ0) is 11.0. The van der Waals surface area contributed by atoms with Crippen LogP contribution in [0, 0.1) is 17.3 Å². The predicted molar refractivity (Wildman–Crippen MR) is 60.7 cm³/mol. The molecule has 0 aromatic rings. The van der Waals surface area contributed by atoms with Gasteiger partial charge in [-0.15, -0.1) is 0 Å². The highest BCUT2D eigenvalue weighted by molar-refractivity contribution is 5.24. The lowest BCUT2D eigenvalue weighted by atomic mass is 9.58. The zero-order valence-electron chi connectivity index (χ0n) is 10.4. The Balaban J connectivity index is 1.59. The van der Waals surface area contributed by atoms with Gasteiger partial charge in [-0.1, -0.05) is 33.1 Å². The first kappa shape index (κ1) is 9.90. The molecule has 4 fully saturated rings. The van der Waals surface area contributed by atoms with E-state index in [-0.39, 0.29) is 11.6 Å². The molecular formula is C14H22O2. The molecule has 0 spiro atoms. The summed E-state index contributed by atoms with van der Waals surface area (Å²) in [5, 5.41) is 0. The van der Waals surface area contributed by atoms with Crippen molar-refractivity contribution in [1.82, 2.24) is 0 Å². The van der Waals surface area contributed by atoms with E-state index >= 15 is 0 Å². The van der Waals surface area contributed by atoms with Crippen LogP contribution in [0.4, 0.5) is 0 Å². The maximum atomic E-state index is 5.78. The molecule has 16 heavy (non-hydrogen) atoms. The van der Waals surface area contributed by atoms with Gasteiger partial charge in [-0.05, 0) is 30.1 Å². The summed E-state index contributed by atoms with van der Waals surface area (Å²) < 4.78 is 11.6. The minimum absolute atomic E-state index is 0.0827. The van der Waals surface area contributed by atoms with Gasteiger partial charge in [0.05, 0.1) is 0 Å². The predicted octanol–water partition coefficient (Wildman–Crippen LogP) is 3.46. The number of hydrogen-bond donors (Lipinski definition) is 0. The van der Waals surface area contributed by atoms with Gasteiger partial charge < -0.3 is 9.47 Å². The summed E-state index contributed by atoms with van der Waals surface area (Å²) in [6.07, 6.45) is 9.49. The van der Waals surface area contributed by atoms with E-state index in [2.05, 4.69) is 13.8 Å². The van der Waals surface area contributed by atoms with Crippen molar-refractivity contribution in [3.8, 4) is 0 Å². The Bertz CT molecular complexity index is 326. The molecule has 2 atom stereocenters.